The summed E-state index contributed by atoms with van der Waals surface area (Å²) in [5, 5.41) is 23.3. The van der Waals surface area contributed by atoms with Crippen molar-refractivity contribution in [2.45, 2.75) is 6.92 Å². The van der Waals surface area contributed by atoms with Gasteiger partial charge < -0.3 is 5.32 Å². The minimum absolute atomic E-state index is 0.506. The molecule has 0 radical (unpaired) electrons. The molecule has 0 aliphatic carbocycles. The fourth-order valence-corrected chi connectivity index (χ4v) is 2.33. The summed E-state index contributed by atoms with van der Waals surface area (Å²) in [5.74, 6) is 0. The van der Waals surface area contributed by atoms with Gasteiger partial charge in [0.1, 0.15) is 17.5 Å². The second-order valence-electron chi connectivity index (χ2n) is 4.01. The van der Waals surface area contributed by atoms with E-state index in [1.54, 1.807) is 12.1 Å². The molecule has 0 saturated carbocycles. The molecule has 0 bridgehead atoms. The second-order valence-corrected chi connectivity index (χ2v) is 4.85. The first kappa shape index (κ1) is 13.2. The van der Waals surface area contributed by atoms with Gasteiger partial charge in [0, 0.05) is 18.1 Å². The third-order valence-electron chi connectivity index (χ3n) is 2.80. The van der Waals surface area contributed by atoms with Crippen LogP contribution in [0, 0.1) is 18.3 Å². The van der Waals surface area contributed by atoms with E-state index in [1.165, 1.54) is 11.3 Å². The maximum absolute atomic E-state index is 9.11. The number of hydrogen-bond acceptors (Lipinski definition) is 5. The van der Waals surface area contributed by atoms with E-state index in [-0.39, 0.29) is 0 Å². The fraction of sp³-hybridized carbons (Fsp3) is 0.231. The predicted octanol–water partition coefficient (Wildman–Crippen LogP) is 3.21. The van der Waals surface area contributed by atoms with Crippen LogP contribution < -0.4 is 9.88 Å². The van der Waals surface area contributed by atoms with Crippen molar-refractivity contribution in [2.75, 3.05) is 12.4 Å². The van der Waals surface area contributed by atoms with Gasteiger partial charge in [-0.3, -0.25) is 0 Å². The minimum atomic E-state index is 0.506. The average molecular weight is 272 g/mol. The van der Waals surface area contributed by atoms with Gasteiger partial charge in [-0.2, -0.15) is 5.26 Å². The Bertz CT molecular complexity index is 666. The molecule has 0 saturated heterocycles. The van der Waals surface area contributed by atoms with Crippen LogP contribution in [0.15, 0.2) is 33.8 Å². The number of thiazole rings is 1. The molecule has 5 nitrogen and oxygen atoms in total. The lowest BCUT2D eigenvalue weighted by Crippen LogP contribution is -2.28. The summed E-state index contributed by atoms with van der Waals surface area (Å²) in [6.45, 7) is 2.01. The standard InChI is InChI=1S/C13H13N5S/c1-9-8-19-13(18(9)3)17-16-12-5-4-11(15-2)6-10(12)7-14/h4-6,8H,1-3H3/p+1. The molecule has 0 aliphatic heterocycles. The van der Waals surface area contributed by atoms with Crippen LogP contribution >= 0.6 is 11.3 Å². The summed E-state index contributed by atoms with van der Waals surface area (Å²) >= 11 is 1.52. The van der Waals surface area contributed by atoms with Crippen molar-refractivity contribution in [3.8, 4) is 6.07 Å². The highest BCUT2D eigenvalue weighted by molar-refractivity contribution is 7.12. The van der Waals surface area contributed by atoms with Crippen LogP contribution in [-0.4, -0.2) is 7.05 Å². The number of benzene rings is 1. The van der Waals surface area contributed by atoms with E-state index in [2.05, 4.69) is 21.6 Å². The fourth-order valence-electron chi connectivity index (χ4n) is 1.50. The topological polar surface area (TPSA) is 64.4 Å². The Morgan fingerprint density at radius 3 is 2.74 bits per heavy atom. The van der Waals surface area contributed by atoms with Crippen LogP contribution in [0.2, 0.25) is 0 Å². The summed E-state index contributed by atoms with van der Waals surface area (Å²) in [7, 11) is 3.75. The zero-order valence-corrected chi connectivity index (χ0v) is 11.8. The normalized spacial score (nSPS) is 10.6. The van der Waals surface area contributed by atoms with Gasteiger partial charge in [0.25, 0.3) is 0 Å². The Kier molecular flexibility index (Phi) is 3.88. The molecule has 0 unspecified atom stereocenters. The molecule has 1 N–H and O–H groups in total. The molecule has 96 valence electrons. The predicted molar refractivity (Wildman–Crippen MR) is 75.1 cm³/mol. The molecule has 0 amide bonds. The van der Waals surface area contributed by atoms with E-state index in [9.17, 15) is 0 Å². The SMILES string of the molecule is CNc1ccc(N=Nc2scc(C)[n+]2C)c(C#N)c1. The van der Waals surface area contributed by atoms with Gasteiger partial charge in [0.15, 0.2) is 0 Å². The molecule has 19 heavy (non-hydrogen) atoms. The van der Waals surface area contributed by atoms with Crippen molar-refractivity contribution in [3.05, 3.63) is 34.8 Å². The molecule has 1 aromatic heterocycles. The van der Waals surface area contributed by atoms with E-state index in [4.69, 9.17) is 5.26 Å². The molecule has 1 aromatic carbocycles. The highest BCUT2D eigenvalue weighted by atomic mass is 32.1. The maximum atomic E-state index is 9.11. The zero-order chi connectivity index (χ0) is 13.8. The summed E-state index contributed by atoms with van der Waals surface area (Å²) in [5.41, 5.74) is 3.09. The summed E-state index contributed by atoms with van der Waals surface area (Å²) in [6, 6.07) is 7.54. The first-order valence-corrected chi connectivity index (χ1v) is 6.61. The Morgan fingerprint density at radius 2 is 2.16 bits per heavy atom. The first-order valence-electron chi connectivity index (χ1n) is 5.73. The van der Waals surface area contributed by atoms with Crippen LogP contribution in [0.1, 0.15) is 11.3 Å². The average Bonchev–Trinajstić information content (AvgIpc) is 2.76. The summed E-state index contributed by atoms with van der Waals surface area (Å²) < 4.78 is 1.96. The number of nitriles is 1. The third-order valence-corrected chi connectivity index (χ3v) is 3.83. The van der Waals surface area contributed by atoms with Gasteiger partial charge in [0.2, 0.25) is 0 Å². The molecular weight excluding hydrogens is 258 g/mol. The minimum Gasteiger partial charge on any atom is -0.388 e. The van der Waals surface area contributed by atoms with E-state index >= 15 is 0 Å². The lowest BCUT2D eigenvalue weighted by molar-refractivity contribution is -0.660. The molecule has 6 heteroatoms. The van der Waals surface area contributed by atoms with Gasteiger partial charge in [-0.05, 0) is 41.6 Å². The Labute approximate surface area is 115 Å². The largest absolute Gasteiger partial charge is 0.408 e. The monoisotopic (exact) mass is 272 g/mol. The first-order chi connectivity index (χ1) is 9.15. The van der Waals surface area contributed by atoms with Gasteiger partial charge in [-0.1, -0.05) is 0 Å². The van der Waals surface area contributed by atoms with Crippen LogP contribution in [-0.2, 0) is 7.05 Å². The van der Waals surface area contributed by atoms with E-state index < -0.39 is 0 Å². The summed E-state index contributed by atoms with van der Waals surface area (Å²) in [4.78, 5) is 0. The second kappa shape index (κ2) is 5.59. The highest BCUT2D eigenvalue weighted by Gasteiger charge is 2.12. The Morgan fingerprint density at radius 1 is 1.37 bits per heavy atom. The van der Waals surface area contributed by atoms with Crippen LogP contribution in [0.5, 0.6) is 0 Å². The molecule has 2 rings (SSSR count). The molecule has 0 aliphatic rings. The molecule has 0 fully saturated rings. The maximum Gasteiger partial charge on any atom is 0.408 e. The van der Waals surface area contributed by atoms with Crippen molar-refractivity contribution >= 4 is 27.8 Å². The highest BCUT2D eigenvalue weighted by Crippen LogP contribution is 2.25. The number of aromatic nitrogens is 1. The number of rotatable bonds is 3. The lowest BCUT2D eigenvalue weighted by atomic mass is 10.2. The number of anilines is 1. The Balaban J connectivity index is 2.33. The van der Waals surface area contributed by atoms with Gasteiger partial charge in [0.05, 0.1) is 17.7 Å². The molecule has 0 atom stereocenters. The molecule has 1 heterocycles. The molecule has 0 spiro atoms. The quantitative estimate of drug-likeness (QED) is 0.688. The van der Waals surface area contributed by atoms with Crippen LogP contribution in [0.4, 0.5) is 16.5 Å². The van der Waals surface area contributed by atoms with Crippen LogP contribution in [0.25, 0.3) is 0 Å². The number of nitrogens with zero attached hydrogens (tertiary/aromatic N) is 4. The van der Waals surface area contributed by atoms with E-state index in [1.807, 2.05) is 37.0 Å². The van der Waals surface area contributed by atoms with Gasteiger partial charge in [-0.15, -0.1) is 0 Å². The van der Waals surface area contributed by atoms with Crippen molar-refractivity contribution < 1.29 is 4.57 Å². The van der Waals surface area contributed by atoms with Gasteiger partial charge in [-0.25, -0.2) is 4.57 Å². The Hall–Kier alpha value is -2.26. The third kappa shape index (κ3) is 2.77. The smallest absolute Gasteiger partial charge is 0.388 e. The van der Waals surface area contributed by atoms with Crippen molar-refractivity contribution in [3.63, 3.8) is 0 Å². The van der Waals surface area contributed by atoms with Crippen molar-refractivity contribution in [1.82, 2.24) is 0 Å². The van der Waals surface area contributed by atoms with Crippen LogP contribution in [0.3, 0.4) is 0 Å². The van der Waals surface area contributed by atoms with Gasteiger partial charge >= 0.3 is 5.13 Å². The number of nitrogens with one attached hydrogen (secondary N) is 1. The summed E-state index contributed by atoms with van der Waals surface area (Å²) in [6.07, 6.45) is 0. The lowest BCUT2D eigenvalue weighted by Gasteiger charge is -2.00. The number of azo groups is 1. The zero-order valence-electron chi connectivity index (χ0n) is 11.0. The van der Waals surface area contributed by atoms with E-state index in [0.29, 0.717) is 11.3 Å². The molecule has 2 aromatic rings. The number of aryl methyl sites for hydroxylation is 1. The van der Waals surface area contributed by atoms with E-state index in [0.717, 1.165) is 16.5 Å². The number of hydrogen-bond donors (Lipinski definition) is 1. The van der Waals surface area contributed by atoms with Crippen molar-refractivity contribution in [2.24, 2.45) is 17.3 Å². The van der Waals surface area contributed by atoms with Crippen molar-refractivity contribution in [1.29, 1.82) is 5.26 Å². The molecular formula is C13H14N5S+.